The minimum Gasteiger partial charge on any atom is -0.481 e. The molecule has 1 saturated heterocycles. The maximum atomic E-state index is 12.7. The Bertz CT molecular complexity index is 841. The Kier molecular flexibility index (Phi) is 5.74. The largest absolute Gasteiger partial charge is 0.481 e. The first-order valence-corrected chi connectivity index (χ1v) is 9.25. The minimum atomic E-state index is -0.912. The van der Waals surface area contributed by atoms with Gasteiger partial charge in [0.05, 0.1) is 11.0 Å². The molecule has 1 aliphatic rings. The third-order valence-corrected chi connectivity index (χ3v) is 5.31. The molecular weight excluding hydrogens is 344 g/mol. The number of rotatable bonds is 6. The van der Waals surface area contributed by atoms with E-state index in [1.807, 2.05) is 30.3 Å². The van der Waals surface area contributed by atoms with Gasteiger partial charge in [-0.2, -0.15) is 0 Å². The Labute approximate surface area is 157 Å². The van der Waals surface area contributed by atoms with Gasteiger partial charge < -0.3 is 15.0 Å². The van der Waals surface area contributed by atoms with Crippen LogP contribution < -0.4 is 5.56 Å². The van der Waals surface area contributed by atoms with Crippen molar-refractivity contribution < 1.29 is 14.7 Å². The zero-order valence-electron chi connectivity index (χ0n) is 15.2. The van der Waals surface area contributed by atoms with Crippen LogP contribution in [0.15, 0.2) is 53.5 Å². The molecule has 1 aliphatic heterocycles. The predicted octanol–water partition coefficient (Wildman–Crippen LogP) is 2.70. The van der Waals surface area contributed by atoms with Gasteiger partial charge in [-0.1, -0.05) is 30.3 Å². The van der Waals surface area contributed by atoms with Crippen LogP contribution in [-0.2, 0) is 11.2 Å². The van der Waals surface area contributed by atoms with Gasteiger partial charge in [0.25, 0.3) is 5.91 Å². The number of aromatic amines is 1. The fraction of sp³-hybridized carbons (Fsp3) is 0.381. The summed E-state index contributed by atoms with van der Waals surface area (Å²) in [6.45, 7) is 0.737. The zero-order valence-corrected chi connectivity index (χ0v) is 15.2. The summed E-state index contributed by atoms with van der Waals surface area (Å²) in [4.78, 5) is 40.1. The lowest BCUT2D eigenvalue weighted by molar-refractivity contribution is -0.152. The second-order valence-electron chi connectivity index (χ2n) is 7.20. The van der Waals surface area contributed by atoms with E-state index in [1.54, 1.807) is 4.90 Å². The number of nitrogens with one attached hydrogen (secondary N) is 1. The van der Waals surface area contributed by atoms with Crippen molar-refractivity contribution in [2.24, 2.45) is 5.41 Å². The third kappa shape index (κ3) is 4.45. The number of carbonyl (C=O) groups excluding carboxylic acids is 1. The number of carboxylic acids is 1. The quantitative estimate of drug-likeness (QED) is 0.820. The van der Waals surface area contributed by atoms with E-state index in [2.05, 4.69) is 4.98 Å². The monoisotopic (exact) mass is 368 g/mol. The van der Waals surface area contributed by atoms with Crippen LogP contribution in [0.25, 0.3) is 0 Å². The normalized spacial score (nSPS) is 19.6. The van der Waals surface area contributed by atoms with Crippen LogP contribution in [0.4, 0.5) is 0 Å². The van der Waals surface area contributed by atoms with Crippen LogP contribution in [0.1, 0.15) is 41.6 Å². The highest BCUT2D eigenvalue weighted by Crippen LogP contribution is 2.36. The second-order valence-corrected chi connectivity index (χ2v) is 7.20. The van der Waals surface area contributed by atoms with Crippen LogP contribution in [0.5, 0.6) is 0 Å². The number of aryl methyl sites for hydroxylation is 1. The van der Waals surface area contributed by atoms with Crippen LogP contribution in [0.2, 0.25) is 0 Å². The number of carboxylic acid groups (broad SMARTS) is 1. The molecule has 1 atom stereocenters. The first kappa shape index (κ1) is 18.9. The molecule has 3 rings (SSSR count). The highest BCUT2D eigenvalue weighted by molar-refractivity contribution is 5.94. The summed E-state index contributed by atoms with van der Waals surface area (Å²) in [5, 5.41) is 9.91. The maximum Gasteiger partial charge on any atom is 0.311 e. The third-order valence-electron chi connectivity index (χ3n) is 5.31. The Hall–Kier alpha value is -2.89. The molecule has 1 amide bonds. The second kappa shape index (κ2) is 8.20. The van der Waals surface area contributed by atoms with Gasteiger partial charge in [-0.25, -0.2) is 0 Å². The average Bonchev–Trinajstić information content (AvgIpc) is 2.69. The van der Waals surface area contributed by atoms with Gasteiger partial charge in [-0.05, 0) is 43.7 Å². The molecule has 0 aliphatic carbocycles. The first-order valence-electron chi connectivity index (χ1n) is 9.25. The molecule has 0 bridgehead atoms. The summed E-state index contributed by atoms with van der Waals surface area (Å²) in [5.74, 6) is -1.07. The standard InChI is InChI=1S/C21H24N2O4/c24-18-10-9-17(14-22-18)19(25)23-13-5-12-21(15-23,20(26)27)11-4-8-16-6-2-1-3-7-16/h1-3,6-7,9-10,14H,4-5,8,11-13,15H2,(H,22,24)(H,26,27). The number of aliphatic carboxylic acids is 1. The smallest absolute Gasteiger partial charge is 0.311 e. The van der Waals surface area contributed by atoms with E-state index in [-0.39, 0.29) is 18.0 Å². The summed E-state index contributed by atoms with van der Waals surface area (Å²) in [6, 6.07) is 12.8. The number of benzene rings is 1. The van der Waals surface area contributed by atoms with Crippen molar-refractivity contribution in [3.63, 3.8) is 0 Å². The van der Waals surface area contributed by atoms with E-state index >= 15 is 0 Å². The van der Waals surface area contributed by atoms with E-state index in [4.69, 9.17) is 0 Å². The topological polar surface area (TPSA) is 90.5 Å². The Morgan fingerprint density at radius 3 is 2.59 bits per heavy atom. The van der Waals surface area contributed by atoms with Gasteiger partial charge in [0, 0.05) is 25.4 Å². The van der Waals surface area contributed by atoms with E-state index in [1.165, 1.54) is 23.9 Å². The highest BCUT2D eigenvalue weighted by atomic mass is 16.4. The highest BCUT2D eigenvalue weighted by Gasteiger charge is 2.43. The van der Waals surface area contributed by atoms with Gasteiger partial charge in [0.1, 0.15) is 0 Å². The molecule has 2 heterocycles. The number of carbonyl (C=O) groups is 2. The van der Waals surface area contributed by atoms with Gasteiger partial charge >= 0.3 is 5.97 Å². The molecule has 0 saturated carbocycles. The predicted molar refractivity (Wildman–Crippen MR) is 102 cm³/mol. The molecule has 1 aromatic carbocycles. The first-order chi connectivity index (χ1) is 13.0. The van der Waals surface area contributed by atoms with E-state index in [0.29, 0.717) is 31.4 Å². The van der Waals surface area contributed by atoms with E-state index < -0.39 is 11.4 Å². The van der Waals surface area contributed by atoms with Gasteiger partial charge in [-0.15, -0.1) is 0 Å². The lowest BCUT2D eigenvalue weighted by atomic mass is 9.75. The van der Waals surface area contributed by atoms with Crippen LogP contribution in [0, 0.1) is 5.41 Å². The summed E-state index contributed by atoms with van der Waals surface area (Å²) in [6.07, 6.45) is 4.74. The number of hydrogen-bond donors (Lipinski definition) is 2. The average molecular weight is 368 g/mol. The number of piperidine rings is 1. The molecule has 1 aromatic heterocycles. The molecule has 1 fully saturated rings. The molecule has 0 radical (unpaired) electrons. The van der Waals surface area contributed by atoms with Crippen molar-refractivity contribution in [1.29, 1.82) is 0 Å². The summed E-state index contributed by atoms with van der Waals surface area (Å²) in [5.41, 5.74) is 0.381. The summed E-state index contributed by atoms with van der Waals surface area (Å²) < 4.78 is 0. The Morgan fingerprint density at radius 1 is 1.15 bits per heavy atom. The lowest BCUT2D eigenvalue weighted by Gasteiger charge is -2.40. The summed E-state index contributed by atoms with van der Waals surface area (Å²) >= 11 is 0. The fourth-order valence-corrected chi connectivity index (χ4v) is 3.79. The SMILES string of the molecule is O=C(c1ccc(=O)[nH]c1)N1CCCC(CCCc2ccccc2)(C(=O)O)C1. The number of aromatic nitrogens is 1. The van der Waals surface area contributed by atoms with Crippen molar-refractivity contribution in [3.05, 3.63) is 70.1 Å². The molecule has 0 spiro atoms. The maximum absolute atomic E-state index is 12.7. The van der Waals surface area contributed by atoms with Crippen molar-refractivity contribution in [3.8, 4) is 0 Å². The number of hydrogen-bond acceptors (Lipinski definition) is 3. The Balaban J connectivity index is 1.69. The van der Waals surface area contributed by atoms with E-state index in [0.717, 1.165) is 12.8 Å². The van der Waals surface area contributed by atoms with E-state index in [9.17, 15) is 19.5 Å². The van der Waals surface area contributed by atoms with Crippen molar-refractivity contribution in [2.45, 2.75) is 32.1 Å². The molecule has 1 unspecified atom stereocenters. The molecule has 6 nitrogen and oxygen atoms in total. The van der Waals surface area contributed by atoms with Gasteiger partial charge in [0.15, 0.2) is 0 Å². The minimum absolute atomic E-state index is 0.203. The van der Waals surface area contributed by atoms with Crippen LogP contribution >= 0.6 is 0 Å². The molecular formula is C21H24N2O4. The molecule has 6 heteroatoms. The Morgan fingerprint density at radius 2 is 1.93 bits per heavy atom. The lowest BCUT2D eigenvalue weighted by Crippen LogP contribution is -2.50. The molecule has 2 aromatic rings. The number of amides is 1. The zero-order chi connectivity index (χ0) is 19.3. The van der Waals surface area contributed by atoms with Crippen LogP contribution in [-0.4, -0.2) is 40.0 Å². The van der Waals surface area contributed by atoms with Crippen molar-refractivity contribution in [1.82, 2.24) is 9.88 Å². The number of likely N-dealkylation sites (tertiary alicyclic amines) is 1. The number of pyridine rings is 1. The van der Waals surface area contributed by atoms with Gasteiger partial charge in [0.2, 0.25) is 5.56 Å². The fourth-order valence-electron chi connectivity index (χ4n) is 3.79. The van der Waals surface area contributed by atoms with Crippen LogP contribution in [0.3, 0.4) is 0 Å². The number of H-pyrrole nitrogens is 1. The van der Waals surface area contributed by atoms with Crippen molar-refractivity contribution in [2.75, 3.05) is 13.1 Å². The van der Waals surface area contributed by atoms with Crippen molar-refractivity contribution >= 4 is 11.9 Å². The molecule has 142 valence electrons. The molecule has 2 N–H and O–H groups in total. The van der Waals surface area contributed by atoms with Gasteiger partial charge in [-0.3, -0.25) is 14.4 Å². The number of nitrogens with zero attached hydrogens (tertiary/aromatic N) is 1. The molecule has 27 heavy (non-hydrogen) atoms. The summed E-state index contributed by atoms with van der Waals surface area (Å²) in [7, 11) is 0.